The largest absolute Gasteiger partial charge is 0.444 e. The lowest BCUT2D eigenvalue weighted by Gasteiger charge is -2.24. The molecule has 0 radical (unpaired) electrons. The third kappa shape index (κ3) is 4.96. The van der Waals surface area contributed by atoms with E-state index in [2.05, 4.69) is 10.3 Å². The number of aryl methyl sites for hydroxylation is 1. The molecule has 0 aliphatic carbocycles. The highest BCUT2D eigenvalue weighted by Crippen LogP contribution is 2.27. The number of amides is 3. The smallest absolute Gasteiger partial charge is 0.410 e. The molecule has 3 amide bonds. The van der Waals surface area contributed by atoms with Crippen LogP contribution in [-0.2, 0) is 27.9 Å². The number of hydrogen-bond donors (Lipinski definition) is 1. The molecule has 1 N–H and O–H groups in total. The highest BCUT2D eigenvalue weighted by atomic mass is 16.6. The topological polar surface area (TPSA) is 116 Å². The molecule has 4 rings (SSSR count). The van der Waals surface area contributed by atoms with Crippen molar-refractivity contribution in [2.75, 3.05) is 7.05 Å². The minimum atomic E-state index is -0.724. The van der Waals surface area contributed by atoms with Crippen LogP contribution in [0.3, 0.4) is 0 Å². The second-order valence-corrected chi connectivity index (χ2v) is 9.76. The van der Waals surface area contributed by atoms with Crippen molar-refractivity contribution < 1.29 is 19.1 Å². The summed E-state index contributed by atoms with van der Waals surface area (Å²) in [6.07, 6.45) is 1.78. The van der Waals surface area contributed by atoms with Crippen LogP contribution in [0, 0.1) is 0 Å². The molecular weight excluding hydrogens is 450 g/mol. The molecule has 184 valence electrons. The fourth-order valence-corrected chi connectivity index (χ4v) is 4.11. The van der Waals surface area contributed by atoms with Crippen LogP contribution in [0.25, 0.3) is 22.2 Å². The third-order valence-electron chi connectivity index (χ3n) is 5.87. The Bertz CT molecular complexity index is 1360. The molecule has 3 heterocycles. The summed E-state index contributed by atoms with van der Waals surface area (Å²) in [7, 11) is 3.32. The minimum absolute atomic E-state index is 0.193. The Hall–Kier alpha value is -3.95. The number of ether oxygens (including phenoxy) is 1. The van der Waals surface area contributed by atoms with E-state index in [1.165, 1.54) is 14.0 Å². The average Bonchev–Trinajstić information content (AvgIpc) is 3.03. The lowest BCUT2D eigenvalue weighted by Crippen LogP contribution is -2.44. The number of nitrogens with one attached hydrogen (secondary N) is 1. The monoisotopic (exact) mass is 479 g/mol. The van der Waals surface area contributed by atoms with Crippen LogP contribution < -0.4 is 11.0 Å². The van der Waals surface area contributed by atoms with E-state index in [1.54, 1.807) is 26.4 Å². The van der Waals surface area contributed by atoms with Crippen LogP contribution >= 0.6 is 0 Å². The number of hydrogen-bond acceptors (Lipinski definition) is 6. The molecule has 10 heteroatoms. The van der Waals surface area contributed by atoms with Gasteiger partial charge in [-0.15, -0.1) is 0 Å². The summed E-state index contributed by atoms with van der Waals surface area (Å²) in [6.45, 7) is 5.75. The first-order chi connectivity index (χ1) is 16.4. The normalized spacial score (nSPS) is 16.3. The SMILES string of the molecule is CN(Cc1ccc(-c2ccc3c(c2)n(C)c(=O)n3C2CCC(=O)NC2=O)cn1)C(=O)OC(C)(C)C. The molecule has 3 aromatic rings. The van der Waals surface area contributed by atoms with Gasteiger partial charge in [0.2, 0.25) is 11.8 Å². The molecule has 1 aliphatic rings. The van der Waals surface area contributed by atoms with Crippen molar-refractivity contribution in [2.24, 2.45) is 7.05 Å². The lowest BCUT2D eigenvalue weighted by atomic mass is 10.0. The zero-order chi connectivity index (χ0) is 25.5. The van der Waals surface area contributed by atoms with Gasteiger partial charge in [-0.25, -0.2) is 9.59 Å². The predicted molar refractivity (Wildman–Crippen MR) is 130 cm³/mol. The van der Waals surface area contributed by atoms with Gasteiger partial charge in [-0.05, 0) is 51.0 Å². The number of piperidine rings is 1. The van der Waals surface area contributed by atoms with Crippen molar-refractivity contribution in [1.82, 2.24) is 24.3 Å². The number of carbonyl (C=O) groups excluding carboxylic acids is 3. The van der Waals surface area contributed by atoms with Crippen LogP contribution in [0.5, 0.6) is 0 Å². The molecule has 1 fully saturated rings. The zero-order valence-corrected chi connectivity index (χ0v) is 20.5. The molecule has 1 aliphatic heterocycles. The molecular formula is C25H29N5O5. The molecule has 1 saturated heterocycles. The third-order valence-corrected chi connectivity index (χ3v) is 5.87. The van der Waals surface area contributed by atoms with Gasteiger partial charge in [0, 0.05) is 32.3 Å². The molecule has 0 spiro atoms. The Kier molecular flexibility index (Phi) is 6.23. The van der Waals surface area contributed by atoms with Crippen LogP contribution in [0.4, 0.5) is 4.79 Å². The molecule has 1 unspecified atom stereocenters. The number of rotatable bonds is 4. The van der Waals surface area contributed by atoms with E-state index in [1.807, 2.05) is 45.0 Å². The summed E-state index contributed by atoms with van der Waals surface area (Å²) in [4.78, 5) is 55.0. The Morgan fingerprint density at radius 3 is 2.49 bits per heavy atom. The van der Waals surface area contributed by atoms with Crippen LogP contribution in [-0.4, -0.2) is 49.6 Å². The molecule has 1 aromatic carbocycles. The van der Waals surface area contributed by atoms with Gasteiger partial charge in [-0.2, -0.15) is 0 Å². The second kappa shape index (κ2) is 9.01. The number of pyridine rings is 1. The van der Waals surface area contributed by atoms with Gasteiger partial charge in [-0.3, -0.25) is 29.0 Å². The first kappa shape index (κ1) is 24.2. The number of imide groups is 1. The van der Waals surface area contributed by atoms with Gasteiger partial charge < -0.3 is 9.64 Å². The maximum atomic E-state index is 13.0. The molecule has 0 bridgehead atoms. The van der Waals surface area contributed by atoms with Gasteiger partial charge in [0.15, 0.2) is 0 Å². The summed E-state index contributed by atoms with van der Waals surface area (Å²) in [6, 6.07) is 8.57. The van der Waals surface area contributed by atoms with E-state index in [-0.39, 0.29) is 24.4 Å². The number of benzene rings is 1. The fourth-order valence-electron chi connectivity index (χ4n) is 4.11. The Balaban J connectivity index is 1.58. The summed E-state index contributed by atoms with van der Waals surface area (Å²) in [5, 5.41) is 2.32. The van der Waals surface area contributed by atoms with Crippen molar-refractivity contribution in [3.05, 3.63) is 52.7 Å². The maximum absolute atomic E-state index is 13.0. The van der Waals surface area contributed by atoms with Crippen molar-refractivity contribution in [3.8, 4) is 11.1 Å². The molecule has 1 atom stereocenters. The summed E-state index contributed by atoms with van der Waals surface area (Å²) >= 11 is 0. The van der Waals surface area contributed by atoms with E-state index in [0.717, 1.165) is 11.1 Å². The Morgan fingerprint density at radius 2 is 1.86 bits per heavy atom. The van der Waals surface area contributed by atoms with Gasteiger partial charge >= 0.3 is 11.8 Å². The van der Waals surface area contributed by atoms with E-state index < -0.39 is 23.6 Å². The predicted octanol–water partition coefficient (Wildman–Crippen LogP) is 2.75. The highest BCUT2D eigenvalue weighted by molar-refractivity contribution is 6.00. The standard InChI is InChI=1S/C25H29N5O5/c1-25(2,3)35-24(34)28(4)14-17-8-6-16(13-26-17)15-7-9-18-20(12-15)29(5)23(33)30(18)19-10-11-21(31)27-22(19)32/h6-9,12-13,19H,10-11,14H2,1-5H3,(H,27,31,32). The van der Waals surface area contributed by atoms with Crippen molar-refractivity contribution in [3.63, 3.8) is 0 Å². The first-order valence-corrected chi connectivity index (χ1v) is 11.4. The van der Waals surface area contributed by atoms with E-state index >= 15 is 0 Å². The Labute approximate surface area is 202 Å². The lowest BCUT2D eigenvalue weighted by molar-refractivity contribution is -0.135. The van der Waals surface area contributed by atoms with Crippen molar-refractivity contribution in [1.29, 1.82) is 0 Å². The number of nitrogens with zero attached hydrogens (tertiary/aromatic N) is 4. The van der Waals surface area contributed by atoms with Crippen LogP contribution in [0.1, 0.15) is 45.3 Å². The molecule has 35 heavy (non-hydrogen) atoms. The summed E-state index contributed by atoms with van der Waals surface area (Å²) < 4.78 is 8.33. The van der Waals surface area contributed by atoms with E-state index in [9.17, 15) is 19.2 Å². The molecule has 0 saturated carbocycles. The summed E-state index contributed by atoms with van der Waals surface area (Å²) in [5.74, 6) is -0.786. The van der Waals surface area contributed by atoms with E-state index in [0.29, 0.717) is 23.3 Å². The van der Waals surface area contributed by atoms with Gasteiger partial charge in [0.25, 0.3) is 0 Å². The second-order valence-electron chi connectivity index (χ2n) is 9.76. The Morgan fingerprint density at radius 1 is 1.14 bits per heavy atom. The summed E-state index contributed by atoms with van der Waals surface area (Å²) in [5.41, 5.74) is 2.82. The number of carbonyl (C=O) groups is 3. The zero-order valence-electron chi connectivity index (χ0n) is 20.5. The van der Waals surface area contributed by atoms with Gasteiger partial charge in [-0.1, -0.05) is 12.1 Å². The average molecular weight is 480 g/mol. The first-order valence-electron chi connectivity index (χ1n) is 11.4. The molecule has 10 nitrogen and oxygen atoms in total. The van der Waals surface area contributed by atoms with Crippen LogP contribution in [0.2, 0.25) is 0 Å². The highest BCUT2D eigenvalue weighted by Gasteiger charge is 2.31. The van der Waals surface area contributed by atoms with Gasteiger partial charge in [0.05, 0.1) is 23.3 Å². The van der Waals surface area contributed by atoms with Crippen molar-refractivity contribution >= 4 is 28.9 Å². The van der Waals surface area contributed by atoms with E-state index in [4.69, 9.17) is 4.74 Å². The number of aromatic nitrogens is 3. The van der Waals surface area contributed by atoms with Crippen molar-refractivity contribution in [2.45, 2.75) is 51.8 Å². The quantitative estimate of drug-likeness (QED) is 0.576. The number of imidazole rings is 1. The molecule has 2 aromatic heterocycles. The maximum Gasteiger partial charge on any atom is 0.410 e. The number of fused-ring (bicyclic) bond motifs is 1. The minimum Gasteiger partial charge on any atom is -0.444 e. The fraction of sp³-hybridized carbons (Fsp3) is 0.400. The van der Waals surface area contributed by atoms with Gasteiger partial charge in [0.1, 0.15) is 11.6 Å². The van der Waals surface area contributed by atoms with Crippen LogP contribution in [0.15, 0.2) is 41.3 Å².